The van der Waals surface area contributed by atoms with Crippen LogP contribution in [-0.2, 0) is 0 Å². The van der Waals surface area contributed by atoms with Gasteiger partial charge in [-0.25, -0.2) is 0 Å². The minimum absolute atomic E-state index is 0.230. The molecule has 0 saturated heterocycles. The second-order valence-corrected chi connectivity index (χ2v) is 5.90. The molecule has 0 aliphatic heterocycles. The number of halogens is 3. The average molecular weight is 370 g/mol. The molecule has 2 aromatic carbocycles. The Morgan fingerprint density at radius 2 is 1.85 bits per heavy atom. The normalized spacial score (nSPS) is 10.9. The van der Waals surface area contributed by atoms with Crippen LogP contribution in [0.15, 0.2) is 51.4 Å². The van der Waals surface area contributed by atoms with Gasteiger partial charge in [-0.1, -0.05) is 35.3 Å². The van der Waals surface area contributed by atoms with Crippen molar-refractivity contribution in [2.45, 2.75) is 0 Å². The number of benzene rings is 2. The van der Waals surface area contributed by atoms with E-state index in [0.29, 0.717) is 21.2 Å². The summed E-state index contributed by atoms with van der Waals surface area (Å²) in [6, 6.07) is 12.1. The van der Waals surface area contributed by atoms with Crippen LogP contribution in [0.1, 0.15) is 16.1 Å². The molecular weight excluding hydrogens is 363 g/mol. The van der Waals surface area contributed by atoms with Crippen molar-refractivity contribution in [2.75, 3.05) is 0 Å². The lowest BCUT2D eigenvalue weighted by molar-refractivity contribution is 0.101. The van der Waals surface area contributed by atoms with Crippen molar-refractivity contribution in [1.82, 2.24) is 0 Å². The largest absolute Gasteiger partial charge is 0.451 e. The van der Waals surface area contributed by atoms with Gasteiger partial charge in [0.15, 0.2) is 11.3 Å². The number of hydrogen-bond donors (Lipinski definition) is 0. The third-order valence-electron chi connectivity index (χ3n) is 2.90. The van der Waals surface area contributed by atoms with E-state index >= 15 is 0 Å². The standard InChI is InChI=1S/C15H7BrCl2O2/c16-10-5-4-8(6-12(10)18)14(19)13-7-9-2-1-3-11(17)15(9)20-13/h1-7H. The fraction of sp³-hybridized carbons (Fsp3) is 0. The first-order chi connectivity index (χ1) is 9.56. The highest BCUT2D eigenvalue weighted by Crippen LogP contribution is 2.29. The minimum Gasteiger partial charge on any atom is -0.451 e. The van der Waals surface area contributed by atoms with Gasteiger partial charge >= 0.3 is 0 Å². The maximum absolute atomic E-state index is 12.4. The summed E-state index contributed by atoms with van der Waals surface area (Å²) >= 11 is 15.3. The third-order valence-corrected chi connectivity index (χ3v) is 4.43. The highest BCUT2D eigenvalue weighted by Gasteiger charge is 2.16. The van der Waals surface area contributed by atoms with Crippen LogP contribution in [0.4, 0.5) is 0 Å². The molecule has 0 N–H and O–H groups in total. The molecule has 0 atom stereocenters. The summed E-state index contributed by atoms with van der Waals surface area (Å²) in [7, 11) is 0. The summed E-state index contributed by atoms with van der Waals surface area (Å²) in [5, 5.41) is 1.75. The minimum atomic E-state index is -0.230. The van der Waals surface area contributed by atoms with Gasteiger partial charge in [-0.2, -0.15) is 0 Å². The van der Waals surface area contributed by atoms with Crippen molar-refractivity contribution in [3.05, 3.63) is 68.3 Å². The molecule has 0 spiro atoms. The molecule has 100 valence electrons. The van der Waals surface area contributed by atoms with Crippen molar-refractivity contribution in [1.29, 1.82) is 0 Å². The quantitative estimate of drug-likeness (QED) is 0.539. The summed E-state index contributed by atoms with van der Waals surface area (Å²) in [5.74, 6) is 0.0122. The number of rotatable bonds is 2. The molecule has 3 rings (SSSR count). The smallest absolute Gasteiger partial charge is 0.228 e. The maximum Gasteiger partial charge on any atom is 0.228 e. The van der Waals surface area contributed by atoms with Crippen LogP contribution in [0.5, 0.6) is 0 Å². The van der Waals surface area contributed by atoms with Gasteiger partial charge in [0.2, 0.25) is 5.78 Å². The van der Waals surface area contributed by atoms with Gasteiger partial charge in [-0.3, -0.25) is 4.79 Å². The predicted molar refractivity (Wildman–Crippen MR) is 83.8 cm³/mol. The Hall–Kier alpha value is -1.29. The van der Waals surface area contributed by atoms with E-state index < -0.39 is 0 Å². The van der Waals surface area contributed by atoms with E-state index in [9.17, 15) is 4.79 Å². The molecular formula is C15H7BrCl2O2. The van der Waals surface area contributed by atoms with E-state index in [1.54, 1.807) is 30.3 Å². The second-order valence-electron chi connectivity index (χ2n) is 4.23. The number of furan rings is 1. The zero-order valence-electron chi connectivity index (χ0n) is 9.99. The van der Waals surface area contributed by atoms with Gasteiger partial charge < -0.3 is 4.42 Å². The number of para-hydroxylation sites is 1. The highest BCUT2D eigenvalue weighted by molar-refractivity contribution is 9.10. The van der Waals surface area contributed by atoms with Gasteiger partial charge in [0.1, 0.15) is 0 Å². The Labute approximate surface area is 133 Å². The maximum atomic E-state index is 12.4. The van der Waals surface area contributed by atoms with Crippen LogP contribution in [0, 0.1) is 0 Å². The number of carbonyl (C=O) groups excluding carboxylic acids is 1. The zero-order chi connectivity index (χ0) is 14.3. The number of carbonyl (C=O) groups is 1. The van der Waals surface area contributed by atoms with Crippen LogP contribution >= 0.6 is 39.1 Å². The molecule has 3 aromatic rings. The van der Waals surface area contributed by atoms with Gasteiger partial charge in [-0.05, 0) is 46.3 Å². The number of fused-ring (bicyclic) bond motifs is 1. The SMILES string of the molecule is O=C(c1ccc(Br)c(Cl)c1)c1cc2cccc(Cl)c2o1. The van der Waals surface area contributed by atoms with Gasteiger partial charge in [-0.15, -0.1) is 0 Å². The fourth-order valence-corrected chi connectivity index (χ4v) is 2.57. The van der Waals surface area contributed by atoms with E-state index in [-0.39, 0.29) is 11.5 Å². The van der Waals surface area contributed by atoms with E-state index in [1.807, 2.05) is 12.1 Å². The second kappa shape index (κ2) is 5.24. The van der Waals surface area contributed by atoms with E-state index in [0.717, 1.165) is 9.86 Å². The summed E-state index contributed by atoms with van der Waals surface area (Å²) in [5.41, 5.74) is 0.981. The topological polar surface area (TPSA) is 30.2 Å². The van der Waals surface area contributed by atoms with Crippen molar-refractivity contribution >= 4 is 55.9 Å². The Balaban J connectivity index is 2.08. The van der Waals surface area contributed by atoms with Crippen LogP contribution in [0.3, 0.4) is 0 Å². The summed E-state index contributed by atoms with van der Waals surface area (Å²) in [6.07, 6.45) is 0. The molecule has 0 aliphatic rings. The molecule has 5 heteroatoms. The van der Waals surface area contributed by atoms with Crippen LogP contribution in [0.25, 0.3) is 11.0 Å². The fourth-order valence-electron chi connectivity index (χ4n) is 1.92. The van der Waals surface area contributed by atoms with Crippen molar-refractivity contribution in [3.63, 3.8) is 0 Å². The number of hydrogen-bond acceptors (Lipinski definition) is 2. The zero-order valence-corrected chi connectivity index (χ0v) is 13.1. The van der Waals surface area contributed by atoms with Crippen molar-refractivity contribution in [3.8, 4) is 0 Å². The first kappa shape index (κ1) is 13.7. The van der Waals surface area contributed by atoms with Gasteiger partial charge in [0.25, 0.3) is 0 Å². The molecule has 0 amide bonds. The lowest BCUT2D eigenvalue weighted by atomic mass is 10.1. The molecule has 1 aromatic heterocycles. The Bertz CT molecular complexity index is 824. The van der Waals surface area contributed by atoms with Crippen LogP contribution < -0.4 is 0 Å². The highest BCUT2D eigenvalue weighted by atomic mass is 79.9. The van der Waals surface area contributed by atoms with Crippen LogP contribution in [0.2, 0.25) is 10.0 Å². The third kappa shape index (κ3) is 2.37. The molecule has 20 heavy (non-hydrogen) atoms. The Morgan fingerprint density at radius 1 is 1.05 bits per heavy atom. The molecule has 2 nitrogen and oxygen atoms in total. The molecule has 0 fully saturated rings. The van der Waals surface area contributed by atoms with Crippen molar-refractivity contribution < 1.29 is 9.21 Å². The molecule has 0 saturated carbocycles. The summed E-state index contributed by atoms with van der Waals surface area (Å²) in [4.78, 5) is 12.4. The van der Waals surface area contributed by atoms with Crippen molar-refractivity contribution in [2.24, 2.45) is 0 Å². The predicted octanol–water partition coefficient (Wildman–Crippen LogP) is 5.73. The lowest BCUT2D eigenvalue weighted by Crippen LogP contribution is -1.99. The lowest BCUT2D eigenvalue weighted by Gasteiger charge is -2.00. The summed E-state index contributed by atoms with van der Waals surface area (Å²) in [6.45, 7) is 0. The Morgan fingerprint density at radius 3 is 2.55 bits per heavy atom. The first-order valence-corrected chi connectivity index (χ1v) is 7.29. The molecule has 0 unspecified atom stereocenters. The van der Waals surface area contributed by atoms with E-state index in [4.69, 9.17) is 27.6 Å². The summed E-state index contributed by atoms with van der Waals surface area (Å²) < 4.78 is 6.29. The van der Waals surface area contributed by atoms with E-state index in [2.05, 4.69) is 15.9 Å². The number of ketones is 1. The first-order valence-electron chi connectivity index (χ1n) is 5.74. The van der Waals surface area contributed by atoms with E-state index in [1.165, 1.54) is 0 Å². The Kier molecular flexibility index (Phi) is 3.59. The van der Waals surface area contributed by atoms with Gasteiger partial charge in [0.05, 0.1) is 10.0 Å². The average Bonchev–Trinajstić information content (AvgIpc) is 2.86. The molecule has 0 aliphatic carbocycles. The molecule has 1 heterocycles. The molecule has 0 radical (unpaired) electrons. The van der Waals surface area contributed by atoms with Crippen LogP contribution in [-0.4, -0.2) is 5.78 Å². The van der Waals surface area contributed by atoms with Gasteiger partial charge in [0, 0.05) is 15.4 Å². The molecule has 0 bridgehead atoms. The monoisotopic (exact) mass is 368 g/mol.